The Kier molecular flexibility index (Phi) is 8.99. The van der Waals surface area contributed by atoms with E-state index < -0.39 is 42.0 Å². The van der Waals surface area contributed by atoms with E-state index in [1.54, 1.807) is 17.9 Å². The Hall–Kier alpha value is -3.24. The molecule has 0 spiro atoms. The fourth-order valence-electron chi connectivity index (χ4n) is 4.75. The molecule has 0 aromatic heterocycles. The number of alkyl halides is 6. The minimum atomic E-state index is -5.01. The minimum Gasteiger partial charge on any atom is -0.453 e. The number of rotatable bonds is 8. The van der Waals surface area contributed by atoms with Gasteiger partial charge in [0.05, 0.1) is 24.3 Å². The number of benzene rings is 2. The van der Waals surface area contributed by atoms with Crippen LogP contribution in [0.4, 0.5) is 36.8 Å². The standard InChI is InChI=1S/C27H30F6N2O3/c1-4-9-35(24(36)5-2)23-14-18-8-6-7-17(18)13-21(23)22(34-25(37)38-3)12-16-10-19(26(28,29)30)15-20(11-16)27(31,32)33/h10-11,13-15,22H,4-9,12H2,1-3H3,(H,34,37). The van der Waals surface area contributed by atoms with Gasteiger partial charge in [-0.15, -0.1) is 0 Å². The first kappa shape index (κ1) is 29.3. The Balaban J connectivity index is 2.20. The van der Waals surface area contributed by atoms with Crippen molar-refractivity contribution in [2.75, 3.05) is 18.6 Å². The molecule has 3 rings (SSSR count). The van der Waals surface area contributed by atoms with E-state index in [1.165, 1.54) is 0 Å². The highest BCUT2D eigenvalue weighted by Crippen LogP contribution is 2.39. The van der Waals surface area contributed by atoms with Crippen LogP contribution < -0.4 is 10.2 Å². The molecule has 1 aliphatic rings. The molecule has 38 heavy (non-hydrogen) atoms. The van der Waals surface area contributed by atoms with Crippen molar-refractivity contribution in [1.82, 2.24) is 5.32 Å². The Morgan fingerprint density at radius 3 is 2.03 bits per heavy atom. The molecule has 1 N–H and O–H groups in total. The highest BCUT2D eigenvalue weighted by molar-refractivity contribution is 5.94. The van der Waals surface area contributed by atoms with E-state index in [-0.39, 0.29) is 24.0 Å². The van der Waals surface area contributed by atoms with Crippen LogP contribution in [0.2, 0.25) is 0 Å². The second-order valence-corrected chi connectivity index (χ2v) is 9.24. The molecule has 0 bridgehead atoms. The summed E-state index contributed by atoms with van der Waals surface area (Å²) in [6.45, 7) is 3.93. The zero-order valence-corrected chi connectivity index (χ0v) is 21.4. The number of fused-ring (bicyclic) bond motifs is 1. The first-order chi connectivity index (χ1) is 17.8. The number of amides is 2. The lowest BCUT2D eigenvalue weighted by atomic mass is 9.92. The summed E-state index contributed by atoms with van der Waals surface area (Å²) in [4.78, 5) is 26.7. The topological polar surface area (TPSA) is 58.6 Å². The Morgan fingerprint density at radius 2 is 1.53 bits per heavy atom. The molecule has 1 atom stereocenters. The van der Waals surface area contributed by atoms with Gasteiger partial charge < -0.3 is 15.0 Å². The third-order valence-corrected chi connectivity index (χ3v) is 6.52. The zero-order chi connectivity index (χ0) is 28.3. The van der Waals surface area contributed by atoms with Gasteiger partial charge >= 0.3 is 18.4 Å². The molecule has 5 nitrogen and oxygen atoms in total. The van der Waals surface area contributed by atoms with Crippen LogP contribution in [0.15, 0.2) is 30.3 Å². The maximum atomic E-state index is 13.5. The van der Waals surface area contributed by atoms with Crippen LogP contribution in [-0.2, 0) is 41.1 Å². The Labute approximate surface area is 217 Å². The highest BCUT2D eigenvalue weighted by Gasteiger charge is 2.37. The van der Waals surface area contributed by atoms with Crippen molar-refractivity contribution < 1.29 is 40.7 Å². The lowest BCUT2D eigenvalue weighted by molar-refractivity contribution is -0.143. The Morgan fingerprint density at radius 1 is 0.947 bits per heavy atom. The summed E-state index contributed by atoms with van der Waals surface area (Å²) in [5, 5.41) is 2.57. The number of carbonyl (C=O) groups excluding carboxylic acids is 2. The van der Waals surface area contributed by atoms with Crippen LogP contribution >= 0.6 is 0 Å². The SMILES string of the molecule is CCCN(C(=O)CC)c1cc2c(cc1C(Cc1cc(C(F)(F)F)cc(C(F)(F)F)c1)NC(=O)OC)CCC2. The van der Waals surface area contributed by atoms with E-state index >= 15 is 0 Å². The number of hydrogen-bond donors (Lipinski definition) is 1. The summed E-state index contributed by atoms with van der Waals surface area (Å²) in [6.07, 6.45) is -8.15. The molecule has 0 saturated carbocycles. The van der Waals surface area contributed by atoms with Gasteiger partial charge in [-0.2, -0.15) is 26.3 Å². The molecule has 1 unspecified atom stereocenters. The van der Waals surface area contributed by atoms with Crippen molar-refractivity contribution in [2.45, 2.75) is 70.8 Å². The van der Waals surface area contributed by atoms with E-state index in [0.717, 1.165) is 37.5 Å². The number of aryl methyl sites for hydroxylation is 2. The lowest BCUT2D eigenvalue weighted by Crippen LogP contribution is -2.35. The number of anilines is 1. The summed E-state index contributed by atoms with van der Waals surface area (Å²) in [6, 6.07) is 3.93. The number of carbonyl (C=O) groups is 2. The average molecular weight is 545 g/mol. The predicted molar refractivity (Wildman–Crippen MR) is 130 cm³/mol. The minimum absolute atomic E-state index is 0.0654. The summed E-state index contributed by atoms with van der Waals surface area (Å²) < 4.78 is 85.7. The lowest BCUT2D eigenvalue weighted by Gasteiger charge is -2.30. The maximum Gasteiger partial charge on any atom is 0.416 e. The van der Waals surface area contributed by atoms with E-state index in [4.69, 9.17) is 4.74 Å². The van der Waals surface area contributed by atoms with Crippen molar-refractivity contribution in [2.24, 2.45) is 0 Å². The number of nitrogens with zero attached hydrogens (tertiary/aromatic N) is 1. The van der Waals surface area contributed by atoms with Crippen LogP contribution in [0, 0.1) is 0 Å². The van der Waals surface area contributed by atoms with Gasteiger partial charge in [-0.25, -0.2) is 4.79 Å². The number of nitrogens with one attached hydrogen (secondary N) is 1. The monoisotopic (exact) mass is 544 g/mol. The molecule has 0 saturated heterocycles. The molecule has 0 fully saturated rings. The fourth-order valence-corrected chi connectivity index (χ4v) is 4.75. The van der Waals surface area contributed by atoms with Crippen LogP contribution in [0.25, 0.3) is 0 Å². The van der Waals surface area contributed by atoms with Crippen molar-refractivity contribution in [1.29, 1.82) is 0 Å². The van der Waals surface area contributed by atoms with Gasteiger partial charge in [-0.1, -0.05) is 19.9 Å². The predicted octanol–water partition coefficient (Wildman–Crippen LogP) is 7.01. The van der Waals surface area contributed by atoms with Gasteiger partial charge in [0.1, 0.15) is 0 Å². The summed E-state index contributed by atoms with van der Waals surface area (Å²) in [7, 11) is 1.10. The van der Waals surface area contributed by atoms with Gasteiger partial charge in [-0.05, 0) is 78.6 Å². The van der Waals surface area contributed by atoms with Crippen LogP contribution in [0.1, 0.15) is 72.5 Å². The van der Waals surface area contributed by atoms with Crippen LogP contribution in [0.3, 0.4) is 0 Å². The molecule has 2 aromatic rings. The molecule has 0 aliphatic heterocycles. The second kappa shape index (κ2) is 11.7. The molecule has 11 heteroatoms. The molecule has 208 valence electrons. The first-order valence-electron chi connectivity index (χ1n) is 12.4. The van der Waals surface area contributed by atoms with Crippen molar-refractivity contribution >= 4 is 17.7 Å². The van der Waals surface area contributed by atoms with Gasteiger partial charge in [0.2, 0.25) is 5.91 Å². The Bertz CT molecular complexity index is 1140. The number of alkyl carbamates (subject to hydrolysis) is 1. The average Bonchev–Trinajstić information content (AvgIpc) is 3.32. The largest absolute Gasteiger partial charge is 0.453 e. The van der Waals surface area contributed by atoms with Crippen molar-refractivity contribution in [3.05, 3.63) is 63.7 Å². The maximum absolute atomic E-state index is 13.5. The third kappa shape index (κ3) is 6.79. The smallest absolute Gasteiger partial charge is 0.416 e. The molecule has 1 aliphatic carbocycles. The van der Waals surface area contributed by atoms with Crippen molar-refractivity contribution in [3.8, 4) is 0 Å². The number of ether oxygens (including phenoxy) is 1. The van der Waals surface area contributed by atoms with Gasteiger partial charge in [-0.3, -0.25) is 4.79 Å². The van der Waals surface area contributed by atoms with Crippen LogP contribution in [0.5, 0.6) is 0 Å². The van der Waals surface area contributed by atoms with Crippen molar-refractivity contribution in [3.63, 3.8) is 0 Å². The zero-order valence-electron chi connectivity index (χ0n) is 21.4. The normalized spacial score (nSPS) is 14.1. The molecular formula is C27H30F6N2O3. The van der Waals surface area contributed by atoms with Gasteiger partial charge in [0, 0.05) is 18.7 Å². The quantitative estimate of drug-likeness (QED) is 0.364. The molecular weight excluding hydrogens is 514 g/mol. The third-order valence-electron chi connectivity index (χ3n) is 6.52. The summed E-state index contributed by atoms with van der Waals surface area (Å²) in [5.41, 5.74) is -0.279. The van der Waals surface area contributed by atoms with Gasteiger partial charge in [0.25, 0.3) is 0 Å². The van der Waals surface area contributed by atoms with E-state index in [9.17, 15) is 35.9 Å². The van der Waals surface area contributed by atoms with E-state index in [2.05, 4.69) is 5.32 Å². The molecule has 2 amide bonds. The number of halogens is 6. The molecule has 0 radical (unpaired) electrons. The highest BCUT2D eigenvalue weighted by atomic mass is 19.4. The van der Waals surface area contributed by atoms with E-state index in [0.29, 0.717) is 36.3 Å². The molecule has 2 aromatic carbocycles. The number of methoxy groups -OCH3 is 1. The van der Waals surface area contributed by atoms with Gasteiger partial charge in [0.15, 0.2) is 0 Å². The van der Waals surface area contributed by atoms with E-state index in [1.807, 2.05) is 13.0 Å². The fraction of sp³-hybridized carbons (Fsp3) is 0.481. The molecule has 0 heterocycles. The first-order valence-corrected chi connectivity index (χ1v) is 12.4. The van der Waals surface area contributed by atoms with Crippen LogP contribution in [-0.4, -0.2) is 25.7 Å². The second-order valence-electron chi connectivity index (χ2n) is 9.24. The summed E-state index contributed by atoms with van der Waals surface area (Å²) in [5.74, 6) is -0.193. The number of hydrogen-bond acceptors (Lipinski definition) is 3. The summed E-state index contributed by atoms with van der Waals surface area (Å²) >= 11 is 0.